The monoisotopic (exact) mass is 358 g/mol. The molecular formula is C20H23FN2O3. The number of hydrogen-bond donors (Lipinski definition) is 1. The van der Waals surface area contributed by atoms with Crippen LogP contribution in [-0.2, 0) is 16.1 Å². The Kier molecular flexibility index (Phi) is 6.04. The lowest BCUT2D eigenvalue weighted by molar-refractivity contribution is -0.131. The number of rotatable bonds is 6. The fourth-order valence-corrected chi connectivity index (χ4v) is 3.03. The highest BCUT2D eigenvalue weighted by Gasteiger charge is 2.17. The molecule has 0 radical (unpaired) electrons. The van der Waals surface area contributed by atoms with Crippen LogP contribution in [0.25, 0.3) is 11.3 Å². The Morgan fingerprint density at radius 2 is 1.92 bits per heavy atom. The molecule has 138 valence electrons. The van der Waals surface area contributed by atoms with Gasteiger partial charge in [-0.05, 0) is 49.2 Å². The van der Waals surface area contributed by atoms with E-state index < -0.39 is 0 Å². The lowest BCUT2D eigenvalue weighted by atomic mass is 10.2. The van der Waals surface area contributed by atoms with E-state index in [-0.39, 0.29) is 30.6 Å². The highest BCUT2D eigenvalue weighted by atomic mass is 19.1. The standard InChI is InChI=1S/C20H23FN2O3/c21-16-7-5-15(6-8-16)18-10-9-17(26-18)14-22-19(24)11-13-23-12-3-1-2-4-20(23)25/h5-10H,1-4,11-14H2,(H,22,24). The van der Waals surface area contributed by atoms with Crippen molar-refractivity contribution in [1.29, 1.82) is 0 Å². The molecule has 0 saturated carbocycles. The van der Waals surface area contributed by atoms with Crippen molar-refractivity contribution in [2.45, 2.75) is 38.6 Å². The number of likely N-dealkylation sites (tertiary alicyclic amines) is 1. The Labute approximate surface area is 152 Å². The predicted octanol–water partition coefficient (Wildman–Crippen LogP) is 3.49. The number of halogens is 1. The van der Waals surface area contributed by atoms with Crippen LogP contribution in [-0.4, -0.2) is 29.8 Å². The van der Waals surface area contributed by atoms with E-state index in [1.165, 1.54) is 12.1 Å². The summed E-state index contributed by atoms with van der Waals surface area (Å²) in [6, 6.07) is 9.64. The molecule has 0 aliphatic carbocycles. The summed E-state index contributed by atoms with van der Waals surface area (Å²) in [6.07, 6.45) is 3.89. The molecular weight excluding hydrogens is 335 g/mol. The van der Waals surface area contributed by atoms with Crippen molar-refractivity contribution in [3.63, 3.8) is 0 Å². The van der Waals surface area contributed by atoms with E-state index in [0.29, 0.717) is 24.5 Å². The van der Waals surface area contributed by atoms with Gasteiger partial charge in [-0.25, -0.2) is 4.39 Å². The summed E-state index contributed by atoms with van der Waals surface area (Å²) in [5, 5.41) is 2.81. The Hall–Kier alpha value is -2.63. The Bertz CT molecular complexity index is 755. The minimum Gasteiger partial charge on any atom is -0.459 e. The minimum absolute atomic E-state index is 0.109. The van der Waals surface area contributed by atoms with Crippen LogP contribution in [0.2, 0.25) is 0 Å². The lowest BCUT2D eigenvalue weighted by Gasteiger charge is -2.19. The van der Waals surface area contributed by atoms with Crippen molar-refractivity contribution in [2.24, 2.45) is 0 Å². The molecule has 0 unspecified atom stereocenters. The summed E-state index contributed by atoms with van der Waals surface area (Å²) < 4.78 is 18.7. The van der Waals surface area contributed by atoms with E-state index in [0.717, 1.165) is 31.4 Å². The fourth-order valence-electron chi connectivity index (χ4n) is 3.03. The van der Waals surface area contributed by atoms with Gasteiger partial charge in [0.15, 0.2) is 0 Å². The van der Waals surface area contributed by atoms with Crippen LogP contribution in [0, 0.1) is 5.82 Å². The summed E-state index contributed by atoms with van der Waals surface area (Å²) in [7, 11) is 0. The van der Waals surface area contributed by atoms with Crippen molar-refractivity contribution in [3.8, 4) is 11.3 Å². The number of amides is 2. The molecule has 1 saturated heterocycles. The highest BCUT2D eigenvalue weighted by molar-refractivity contribution is 5.79. The number of carbonyl (C=O) groups is 2. The van der Waals surface area contributed by atoms with E-state index >= 15 is 0 Å². The number of carbonyl (C=O) groups excluding carboxylic acids is 2. The molecule has 2 aromatic rings. The number of hydrogen-bond acceptors (Lipinski definition) is 3. The van der Waals surface area contributed by atoms with Crippen LogP contribution in [0.3, 0.4) is 0 Å². The van der Waals surface area contributed by atoms with Crippen LogP contribution in [0.1, 0.15) is 37.9 Å². The average molecular weight is 358 g/mol. The van der Waals surface area contributed by atoms with Gasteiger partial charge in [0.1, 0.15) is 17.3 Å². The fraction of sp³-hybridized carbons (Fsp3) is 0.400. The van der Waals surface area contributed by atoms with Gasteiger partial charge < -0.3 is 14.6 Å². The topological polar surface area (TPSA) is 62.6 Å². The van der Waals surface area contributed by atoms with Crippen LogP contribution < -0.4 is 5.32 Å². The number of benzene rings is 1. The van der Waals surface area contributed by atoms with Crippen LogP contribution in [0.15, 0.2) is 40.8 Å². The second kappa shape index (κ2) is 8.65. The van der Waals surface area contributed by atoms with Gasteiger partial charge in [0.05, 0.1) is 6.54 Å². The molecule has 1 aliphatic rings. The molecule has 0 bridgehead atoms. The average Bonchev–Trinajstić information content (AvgIpc) is 3.02. The molecule has 1 aromatic carbocycles. The predicted molar refractivity (Wildman–Crippen MR) is 95.6 cm³/mol. The molecule has 3 rings (SSSR count). The van der Waals surface area contributed by atoms with Gasteiger partial charge in [0.2, 0.25) is 11.8 Å². The van der Waals surface area contributed by atoms with E-state index in [1.54, 1.807) is 29.2 Å². The van der Waals surface area contributed by atoms with Crippen molar-refractivity contribution in [2.75, 3.05) is 13.1 Å². The Morgan fingerprint density at radius 1 is 1.12 bits per heavy atom. The molecule has 2 heterocycles. The van der Waals surface area contributed by atoms with E-state index in [4.69, 9.17) is 4.42 Å². The van der Waals surface area contributed by atoms with Crippen molar-refractivity contribution in [3.05, 3.63) is 48.0 Å². The first-order valence-electron chi connectivity index (χ1n) is 9.01. The highest BCUT2D eigenvalue weighted by Crippen LogP contribution is 2.22. The van der Waals surface area contributed by atoms with Crippen LogP contribution in [0.4, 0.5) is 4.39 Å². The summed E-state index contributed by atoms with van der Waals surface area (Å²) in [5.74, 6) is 0.996. The summed E-state index contributed by atoms with van der Waals surface area (Å²) in [4.78, 5) is 25.7. The minimum atomic E-state index is -0.296. The molecule has 26 heavy (non-hydrogen) atoms. The maximum absolute atomic E-state index is 13.0. The molecule has 1 N–H and O–H groups in total. The quantitative estimate of drug-likeness (QED) is 0.860. The van der Waals surface area contributed by atoms with Gasteiger partial charge >= 0.3 is 0 Å². The van der Waals surface area contributed by atoms with Crippen molar-refractivity contribution < 1.29 is 18.4 Å². The number of nitrogens with zero attached hydrogens (tertiary/aromatic N) is 1. The lowest BCUT2D eigenvalue weighted by Crippen LogP contribution is -2.34. The third-order valence-corrected chi connectivity index (χ3v) is 4.53. The van der Waals surface area contributed by atoms with Crippen LogP contribution >= 0.6 is 0 Å². The zero-order chi connectivity index (χ0) is 18.4. The first-order chi connectivity index (χ1) is 12.6. The summed E-state index contributed by atoms with van der Waals surface area (Å²) in [5.41, 5.74) is 0.781. The first kappa shape index (κ1) is 18.2. The molecule has 1 aromatic heterocycles. The van der Waals surface area contributed by atoms with Gasteiger partial charge in [-0.15, -0.1) is 0 Å². The zero-order valence-corrected chi connectivity index (χ0v) is 14.7. The van der Waals surface area contributed by atoms with Gasteiger partial charge in [0.25, 0.3) is 0 Å². The first-order valence-corrected chi connectivity index (χ1v) is 9.01. The van der Waals surface area contributed by atoms with Crippen LogP contribution in [0.5, 0.6) is 0 Å². The second-order valence-corrected chi connectivity index (χ2v) is 6.49. The van der Waals surface area contributed by atoms with E-state index in [1.807, 2.05) is 0 Å². The smallest absolute Gasteiger partial charge is 0.222 e. The van der Waals surface area contributed by atoms with E-state index in [9.17, 15) is 14.0 Å². The molecule has 0 atom stereocenters. The van der Waals surface area contributed by atoms with Crippen molar-refractivity contribution in [1.82, 2.24) is 10.2 Å². The second-order valence-electron chi connectivity index (χ2n) is 6.49. The van der Waals surface area contributed by atoms with Gasteiger partial charge in [-0.1, -0.05) is 6.42 Å². The number of nitrogens with one attached hydrogen (secondary N) is 1. The third kappa shape index (κ3) is 4.94. The number of furan rings is 1. The molecule has 6 heteroatoms. The largest absolute Gasteiger partial charge is 0.459 e. The van der Waals surface area contributed by atoms with Gasteiger partial charge in [-0.2, -0.15) is 0 Å². The Morgan fingerprint density at radius 3 is 2.73 bits per heavy atom. The zero-order valence-electron chi connectivity index (χ0n) is 14.7. The van der Waals surface area contributed by atoms with Crippen molar-refractivity contribution >= 4 is 11.8 Å². The maximum Gasteiger partial charge on any atom is 0.222 e. The van der Waals surface area contributed by atoms with Gasteiger partial charge in [-0.3, -0.25) is 9.59 Å². The molecule has 2 amide bonds. The molecule has 0 spiro atoms. The summed E-state index contributed by atoms with van der Waals surface area (Å²) >= 11 is 0. The summed E-state index contributed by atoms with van der Waals surface area (Å²) in [6.45, 7) is 1.49. The molecule has 1 fully saturated rings. The van der Waals surface area contributed by atoms with E-state index in [2.05, 4.69) is 5.32 Å². The maximum atomic E-state index is 13.0. The molecule has 5 nitrogen and oxygen atoms in total. The molecule has 1 aliphatic heterocycles. The SMILES string of the molecule is O=C(CCN1CCCCCC1=O)NCc1ccc(-c2ccc(F)cc2)o1. The normalized spacial score (nSPS) is 15.0. The van der Waals surface area contributed by atoms with Gasteiger partial charge in [0, 0.05) is 31.5 Å². The third-order valence-electron chi connectivity index (χ3n) is 4.53. The Balaban J connectivity index is 1.46.